The zero-order valence-corrected chi connectivity index (χ0v) is 9.46. The van der Waals surface area contributed by atoms with Crippen LogP contribution in [0.2, 0.25) is 0 Å². The summed E-state index contributed by atoms with van der Waals surface area (Å²) in [6.45, 7) is 0. The zero-order chi connectivity index (χ0) is 11.8. The molecule has 0 saturated carbocycles. The maximum absolute atomic E-state index is 5.80. The van der Waals surface area contributed by atoms with Gasteiger partial charge < -0.3 is 5.73 Å². The second-order valence-corrected chi connectivity index (χ2v) is 4.01. The number of aryl methyl sites for hydroxylation is 1. The van der Waals surface area contributed by atoms with Gasteiger partial charge in [-0.2, -0.15) is 5.10 Å². The molecule has 3 aromatic rings. The minimum Gasteiger partial charge on any atom is -0.399 e. The summed E-state index contributed by atoms with van der Waals surface area (Å²) < 4.78 is 1.82. The van der Waals surface area contributed by atoms with Crippen molar-refractivity contribution in [3.8, 4) is 11.1 Å². The van der Waals surface area contributed by atoms with Crippen molar-refractivity contribution in [1.29, 1.82) is 0 Å². The quantitative estimate of drug-likeness (QED) is 0.645. The minimum absolute atomic E-state index is 0.753. The standard InChI is InChI=1S/C13H12N4/c1-17-13-8-15-6-11(12(13)7-16-17)9-3-2-4-10(14)5-9/h2-8H,14H2,1H3. The van der Waals surface area contributed by atoms with Crippen molar-refractivity contribution in [2.45, 2.75) is 0 Å². The molecule has 4 nitrogen and oxygen atoms in total. The molecule has 0 aliphatic heterocycles. The molecule has 0 saturated heterocycles. The Morgan fingerprint density at radius 3 is 2.88 bits per heavy atom. The summed E-state index contributed by atoms with van der Waals surface area (Å²) in [5, 5.41) is 5.34. The summed E-state index contributed by atoms with van der Waals surface area (Å²) in [5.41, 5.74) is 9.70. The summed E-state index contributed by atoms with van der Waals surface area (Å²) in [7, 11) is 1.91. The van der Waals surface area contributed by atoms with Crippen LogP contribution in [-0.4, -0.2) is 14.8 Å². The van der Waals surface area contributed by atoms with E-state index in [0.717, 1.165) is 27.7 Å². The van der Waals surface area contributed by atoms with Crippen LogP contribution in [-0.2, 0) is 7.05 Å². The van der Waals surface area contributed by atoms with Gasteiger partial charge in [0.2, 0.25) is 0 Å². The number of hydrogen-bond donors (Lipinski definition) is 1. The first-order chi connectivity index (χ1) is 8.25. The van der Waals surface area contributed by atoms with Crippen molar-refractivity contribution in [1.82, 2.24) is 14.8 Å². The number of rotatable bonds is 1. The second-order valence-electron chi connectivity index (χ2n) is 4.01. The first-order valence-corrected chi connectivity index (χ1v) is 5.37. The van der Waals surface area contributed by atoms with E-state index in [1.165, 1.54) is 0 Å². The Kier molecular flexibility index (Phi) is 2.08. The number of benzene rings is 1. The van der Waals surface area contributed by atoms with Gasteiger partial charge in [0, 0.05) is 29.9 Å². The molecular formula is C13H12N4. The SMILES string of the molecule is Cn1ncc2c(-c3cccc(N)c3)cncc21. The summed E-state index contributed by atoms with van der Waals surface area (Å²) >= 11 is 0. The molecule has 0 atom stereocenters. The average molecular weight is 224 g/mol. The first-order valence-electron chi connectivity index (χ1n) is 5.37. The van der Waals surface area contributed by atoms with Crippen molar-refractivity contribution in [3.05, 3.63) is 42.9 Å². The zero-order valence-electron chi connectivity index (χ0n) is 9.46. The fraction of sp³-hybridized carbons (Fsp3) is 0.0769. The Morgan fingerprint density at radius 2 is 2.06 bits per heavy atom. The van der Waals surface area contributed by atoms with E-state index in [1.807, 2.05) is 54.6 Å². The van der Waals surface area contributed by atoms with Gasteiger partial charge in [-0.25, -0.2) is 0 Å². The molecule has 2 aromatic heterocycles. The molecule has 84 valence electrons. The lowest BCUT2D eigenvalue weighted by Gasteiger charge is -2.04. The Labute approximate surface area is 98.7 Å². The van der Waals surface area contributed by atoms with E-state index < -0.39 is 0 Å². The van der Waals surface area contributed by atoms with E-state index in [4.69, 9.17) is 5.73 Å². The van der Waals surface area contributed by atoms with Gasteiger partial charge in [-0.05, 0) is 17.7 Å². The highest BCUT2D eigenvalue weighted by Crippen LogP contribution is 2.28. The van der Waals surface area contributed by atoms with E-state index in [2.05, 4.69) is 10.1 Å². The number of anilines is 1. The molecule has 0 bridgehead atoms. The lowest BCUT2D eigenvalue weighted by atomic mass is 10.0. The van der Waals surface area contributed by atoms with E-state index in [-0.39, 0.29) is 0 Å². The van der Waals surface area contributed by atoms with Crippen LogP contribution >= 0.6 is 0 Å². The smallest absolute Gasteiger partial charge is 0.0868 e. The third kappa shape index (κ3) is 1.54. The number of pyridine rings is 1. The molecule has 0 radical (unpaired) electrons. The van der Waals surface area contributed by atoms with Crippen LogP contribution in [0.5, 0.6) is 0 Å². The topological polar surface area (TPSA) is 56.7 Å². The number of hydrogen-bond acceptors (Lipinski definition) is 3. The molecule has 0 unspecified atom stereocenters. The van der Waals surface area contributed by atoms with Gasteiger partial charge in [0.05, 0.1) is 17.9 Å². The molecule has 0 fully saturated rings. The van der Waals surface area contributed by atoms with Crippen LogP contribution < -0.4 is 5.73 Å². The van der Waals surface area contributed by atoms with Gasteiger partial charge in [0.25, 0.3) is 0 Å². The summed E-state index contributed by atoms with van der Waals surface area (Å²) in [5.74, 6) is 0. The summed E-state index contributed by atoms with van der Waals surface area (Å²) in [6.07, 6.45) is 5.52. The Bertz CT molecular complexity index is 685. The molecule has 2 N–H and O–H groups in total. The molecule has 0 amide bonds. The number of fused-ring (bicyclic) bond motifs is 1. The lowest BCUT2D eigenvalue weighted by Crippen LogP contribution is -1.90. The normalized spacial score (nSPS) is 10.9. The van der Waals surface area contributed by atoms with E-state index >= 15 is 0 Å². The molecule has 0 aliphatic rings. The molecule has 4 heteroatoms. The van der Waals surface area contributed by atoms with Gasteiger partial charge in [0.15, 0.2) is 0 Å². The van der Waals surface area contributed by atoms with Crippen molar-refractivity contribution in [2.75, 3.05) is 5.73 Å². The van der Waals surface area contributed by atoms with E-state index in [0.29, 0.717) is 0 Å². The van der Waals surface area contributed by atoms with Crippen molar-refractivity contribution in [2.24, 2.45) is 7.05 Å². The molecule has 0 aliphatic carbocycles. The van der Waals surface area contributed by atoms with Crippen molar-refractivity contribution in [3.63, 3.8) is 0 Å². The van der Waals surface area contributed by atoms with E-state index in [9.17, 15) is 0 Å². The summed E-state index contributed by atoms with van der Waals surface area (Å²) in [6, 6.07) is 7.80. The van der Waals surface area contributed by atoms with Crippen LogP contribution in [0.15, 0.2) is 42.9 Å². The van der Waals surface area contributed by atoms with Crippen molar-refractivity contribution >= 4 is 16.6 Å². The molecule has 2 heterocycles. The van der Waals surface area contributed by atoms with Gasteiger partial charge >= 0.3 is 0 Å². The number of nitrogens with two attached hydrogens (primary N) is 1. The maximum Gasteiger partial charge on any atom is 0.0868 e. The average Bonchev–Trinajstić information content (AvgIpc) is 2.71. The predicted molar refractivity (Wildman–Crippen MR) is 68.4 cm³/mol. The van der Waals surface area contributed by atoms with Gasteiger partial charge in [-0.15, -0.1) is 0 Å². The molecule has 3 rings (SSSR count). The monoisotopic (exact) mass is 224 g/mol. The number of aromatic nitrogens is 3. The molecule has 1 aromatic carbocycles. The fourth-order valence-corrected chi connectivity index (χ4v) is 2.00. The molecule has 17 heavy (non-hydrogen) atoms. The highest BCUT2D eigenvalue weighted by Gasteiger charge is 2.07. The highest BCUT2D eigenvalue weighted by molar-refractivity contribution is 5.94. The lowest BCUT2D eigenvalue weighted by molar-refractivity contribution is 0.795. The Hall–Kier alpha value is -2.36. The van der Waals surface area contributed by atoms with Crippen LogP contribution in [0.25, 0.3) is 22.0 Å². The fourth-order valence-electron chi connectivity index (χ4n) is 2.00. The van der Waals surface area contributed by atoms with Crippen molar-refractivity contribution < 1.29 is 0 Å². The maximum atomic E-state index is 5.80. The number of nitrogen functional groups attached to an aromatic ring is 1. The number of nitrogens with zero attached hydrogens (tertiary/aromatic N) is 3. The van der Waals surface area contributed by atoms with E-state index in [1.54, 1.807) is 0 Å². The highest BCUT2D eigenvalue weighted by atomic mass is 15.2. The molecule has 0 spiro atoms. The van der Waals surface area contributed by atoms with Crippen LogP contribution in [0.4, 0.5) is 5.69 Å². The van der Waals surface area contributed by atoms with Crippen LogP contribution in [0.1, 0.15) is 0 Å². The minimum atomic E-state index is 0.753. The third-order valence-corrected chi connectivity index (χ3v) is 2.87. The van der Waals surface area contributed by atoms with Gasteiger partial charge in [0.1, 0.15) is 0 Å². The van der Waals surface area contributed by atoms with Gasteiger partial charge in [-0.3, -0.25) is 9.67 Å². The summed E-state index contributed by atoms with van der Waals surface area (Å²) in [4.78, 5) is 4.25. The van der Waals surface area contributed by atoms with Crippen LogP contribution in [0.3, 0.4) is 0 Å². The first kappa shape index (κ1) is 9.84. The van der Waals surface area contributed by atoms with Crippen LogP contribution in [0, 0.1) is 0 Å². The Morgan fingerprint density at radius 1 is 1.18 bits per heavy atom. The predicted octanol–water partition coefficient (Wildman–Crippen LogP) is 2.22. The second kappa shape index (κ2) is 3.59. The third-order valence-electron chi connectivity index (χ3n) is 2.87. The Balaban J connectivity index is 2.30. The largest absolute Gasteiger partial charge is 0.399 e. The molecular weight excluding hydrogens is 212 g/mol. The van der Waals surface area contributed by atoms with Gasteiger partial charge in [-0.1, -0.05) is 12.1 Å².